The first-order valence-corrected chi connectivity index (χ1v) is 7.36. The second kappa shape index (κ2) is 5.55. The minimum Gasteiger partial charge on any atom is -0.375 e. The molecule has 2 saturated heterocycles. The van der Waals surface area contributed by atoms with Crippen LogP contribution in [0, 0.1) is 5.92 Å². The van der Waals surface area contributed by atoms with Crippen molar-refractivity contribution < 1.29 is 4.74 Å². The van der Waals surface area contributed by atoms with Gasteiger partial charge in [0.15, 0.2) is 0 Å². The molecule has 0 radical (unpaired) electrons. The van der Waals surface area contributed by atoms with Crippen molar-refractivity contribution in [2.45, 2.75) is 38.8 Å². The molecule has 0 bridgehead atoms. The first kappa shape index (κ1) is 11.7. The topological polar surface area (TPSA) is 12.5 Å². The molecule has 0 aromatic heterocycles. The minimum atomic E-state index is 0.466. The molecule has 1 atom stereocenters. The Kier molecular flexibility index (Phi) is 4.35. The maximum atomic E-state index is 5.81. The van der Waals surface area contributed by atoms with Gasteiger partial charge in [-0.25, -0.2) is 0 Å². The van der Waals surface area contributed by atoms with Crippen molar-refractivity contribution in [3.63, 3.8) is 0 Å². The number of thioether (sulfide) groups is 1. The van der Waals surface area contributed by atoms with Crippen molar-refractivity contribution in [3.8, 4) is 0 Å². The number of morpholine rings is 1. The number of hydrogen-bond donors (Lipinski definition) is 0. The molecule has 15 heavy (non-hydrogen) atoms. The zero-order chi connectivity index (χ0) is 10.7. The summed E-state index contributed by atoms with van der Waals surface area (Å²) in [7, 11) is 0. The van der Waals surface area contributed by atoms with Gasteiger partial charge in [-0.3, -0.25) is 4.90 Å². The van der Waals surface area contributed by atoms with Crippen LogP contribution in [0.5, 0.6) is 0 Å². The molecule has 2 aliphatic heterocycles. The molecule has 0 N–H and O–H groups in total. The third-order valence-corrected chi connectivity index (χ3v) is 4.62. The van der Waals surface area contributed by atoms with E-state index in [1.807, 2.05) is 0 Å². The molecule has 2 nitrogen and oxygen atoms in total. The van der Waals surface area contributed by atoms with Gasteiger partial charge in [-0.1, -0.05) is 13.8 Å². The second-order valence-corrected chi connectivity index (χ2v) is 6.22. The van der Waals surface area contributed by atoms with E-state index < -0.39 is 0 Å². The van der Waals surface area contributed by atoms with E-state index in [0.29, 0.717) is 12.0 Å². The van der Waals surface area contributed by atoms with E-state index in [2.05, 4.69) is 30.5 Å². The average molecular weight is 229 g/mol. The molecular formula is C12H23NOS. The van der Waals surface area contributed by atoms with E-state index in [9.17, 15) is 0 Å². The number of nitrogens with zero attached hydrogens (tertiary/aromatic N) is 1. The van der Waals surface area contributed by atoms with Crippen LogP contribution in [0.25, 0.3) is 0 Å². The lowest BCUT2D eigenvalue weighted by molar-refractivity contribution is -0.0641. The molecule has 88 valence electrons. The van der Waals surface area contributed by atoms with Gasteiger partial charge in [-0.15, -0.1) is 0 Å². The monoisotopic (exact) mass is 229 g/mol. The van der Waals surface area contributed by atoms with Crippen molar-refractivity contribution in [1.29, 1.82) is 0 Å². The molecule has 1 unspecified atom stereocenters. The second-order valence-electron chi connectivity index (χ2n) is 4.99. The standard InChI is InChI=1S/C12H23NOS/c1-10(2)12-9-13(5-6-14-12)11-3-7-15-8-4-11/h10-12H,3-9H2,1-2H3. The highest BCUT2D eigenvalue weighted by Gasteiger charge is 2.28. The predicted octanol–water partition coefficient (Wildman–Crippen LogP) is 2.24. The smallest absolute Gasteiger partial charge is 0.0725 e. The summed E-state index contributed by atoms with van der Waals surface area (Å²) in [4.78, 5) is 2.67. The largest absolute Gasteiger partial charge is 0.375 e. The van der Waals surface area contributed by atoms with E-state index in [1.54, 1.807) is 0 Å². The van der Waals surface area contributed by atoms with Gasteiger partial charge in [0, 0.05) is 19.1 Å². The molecule has 0 amide bonds. The van der Waals surface area contributed by atoms with Gasteiger partial charge in [0.25, 0.3) is 0 Å². The van der Waals surface area contributed by atoms with Gasteiger partial charge in [0.1, 0.15) is 0 Å². The van der Waals surface area contributed by atoms with Gasteiger partial charge in [-0.2, -0.15) is 11.8 Å². The molecule has 2 aliphatic rings. The van der Waals surface area contributed by atoms with Crippen LogP contribution in [0.2, 0.25) is 0 Å². The zero-order valence-electron chi connectivity index (χ0n) is 9.95. The lowest BCUT2D eigenvalue weighted by atomic mass is 10.0. The lowest BCUT2D eigenvalue weighted by Crippen LogP contribution is -2.50. The molecule has 0 aromatic carbocycles. The molecule has 0 spiro atoms. The van der Waals surface area contributed by atoms with Crippen molar-refractivity contribution in [2.75, 3.05) is 31.2 Å². The Labute approximate surface area is 97.7 Å². The quantitative estimate of drug-likeness (QED) is 0.720. The van der Waals surface area contributed by atoms with E-state index in [1.165, 1.54) is 24.3 Å². The van der Waals surface area contributed by atoms with Crippen LogP contribution in [-0.4, -0.2) is 48.2 Å². The third kappa shape index (κ3) is 3.11. The molecule has 2 rings (SSSR count). The molecule has 3 heteroatoms. The van der Waals surface area contributed by atoms with Crippen molar-refractivity contribution in [3.05, 3.63) is 0 Å². The Bertz CT molecular complexity index is 192. The number of ether oxygens (including phenoxy) is 1. The van der Waals surface area contributed by atoms with Gasteiger partial charge >= 0.3 is 0 Å². The maximum Gasteiger partial charge on any atom is 0.0725 e. The van der Waals surface area contributed by atoms with Crippen LogP contribution in [0.3, 0.4) is 0 Å². The van der Waals surface area contributed by atoms with Gasteiger partial charge < -0.3 is 4.74 Å². The first-order chi connectivity index (χ1) is 7.27. The Hall–Kier alpha value is 0.270. The summed E-state index contributed by atoms with van der Waals surface area (Å²) in [6.07, 6.45) is 3.23. The summed E-state index contributed by atoms with van der Waals surface area (Å²) < 4.78 is 5.81. The highest BCUT2D eigenvalue weighted by molar-refractivity contribution is 7.99. The summed E-state index contributed by atoms with van der Waals surface area (Å²) in [5.41, 5.74) is 0. The zero-order valence-corrected chi connectivity index (χ0v) is 10.8. The Morgan fingerprint density at radius 3 is 2.67 bits per heavy atom. The van der Waals surface area contributed by atoms with E-state index in [4.69, 9.17) is 4.74 Å². The SMILES string of the molecule is CC(C)C1CN(C2CCSCC2)CCO1. The molecule has 0 aromatic rings. The molecule has 0 saturated carbocycles. The maximum absolute atomic E-state index is 5.81. The summed E-state index contributed by atoms with van der Waals surface area (Å²) in [6, 6.07) is 0.844. The van der Waals surface area contributed by atoms with Crippen LogP contribution >= 0.6 is 11.8 Å². The summed E-state index contributed by atoms with van der Waals surface area (Å²) in [6.45, 7) is 7.79. The number of hydrogen-bond acceptors (Lipinski definition) is 3. The van der Waals surface area contributed by atoms with Crippen LogP contribution in [0.15, 0.2) is 0 Å². The third-order valence-electron chi connectivity index (χ3n) is 3.58. The van der Waals surface area contributed by atoms with E-state index >= 15 is 0 Å². The highest BCUT2D eigenvalue weighted by atomic mass is 32.2. The highest BCUT2D eigenvalue weighted by Crippen LogP contribution is 2.24. The Balaban J connectivity index is 1.85. The average Bonchev–Trinajstić information content (AvgIpc) is 2.30. The van der Waals surface area contributed by atoms with Gasteiger partial charge in [0.05, 0.1) is 12.7 Å². The minimum absolute atomic E-state index is 0.466. The summed E-state index contributed by atoms with van der Waals surface area (Å²) in [5, 5.41) is 0. The Morgan fingerprint density at radius 1 is 1.27 bits per heavy atom. The Morgan fingerprint density at radius 2 is 2.00 bits per heavy atom. The normalized spacial score (nSPS) is 31.0. The van der Waals surface area contributed by atoms with Gasteiger partial charge in [-0.05, 0) is 30.3 Å². The fourth-order valence-electron chi connectivity index (χ4n) is 2.48. The fraction of sp³-hybridized carbons (Fsp3) is 1.00. The summed E-state index contributed by atoms with van der Waals surface area (Å²) >= 11 is 2.11. The van der Waals surface area contributed by atoms with Crippen LogP contribution in [0.1, 0.15) is 26.7 Å². The lowest BCUT2D eigenvalue weighted by Gasteiger charge is -2.41. The van der Waals surface area contributed by atoms with Crippen molar-refractivity contribution in [1.82, 2.24) is 4.90 Å². The fourth-order valence-corrected chi connectivity index (χ4v) is 3.56. The molecule has 2 fully saturated rings. The van der Waals surface area contributed by atoms with Crippen LogP contribution in [-0.2, 0) is 4.74 Å². The van der Waals surface area contributed by atoms with Crippen LogP contribution < -0.4 is 0 Å². The molecule has 2 heterocycles. The number of rotatable bonds is 2. The van der Waals surface area contributed by atoms with Gasteiger partial charge in [0.2, 0.25) is 0 Å². The van der Waals surface area contributed by atoms with E-state index in [0.717, 1.165) is 25.7 Å². The van der Waals surface area contributed by atoms with Crippen molar-refractivity contribution >= 4 is 11.8 Å². The summed E-state index contributed by atoms with van der Waals surface area (Å²) in [5.74, 6) is 3.37. The first-order valence-electron chi connectivity index (χ1n) is 6.21. The predicted molar refractivity (Wildman–Crippen MR) is 66.5 cm³/mol. The molecule has 0 aliphatic carbocycles. The van der Waals surface area contributed by atoms with Crippen LogP contribution in [0.4, 0.5) is 0 Å². The van der Waals surface area contributed by atoms with Crippen molar-refractivity contribution in [2.24, 2.45) is 5.92 Å². The van der Waals surface area contributed by atoms with E-state index in [-0.39, 0.29) is 0 Å². The molecular weight excluding hydrogens is 206 g/mol.